The number of allylic oxidation sites excluding steroid dienone is 2. The van der Waals surface area contributed by atoms with Crippen molar-refractivity contribution >= 4 is 76.3 Å². The van der Waals surface area contributed by atoms with Crippen LogP contribution >= 0.6 is 23.1 Å². The Morgan fingerprint density at radius 2 is 1.84 bits per heavy atom. The molecule has 1 aliphatic rings. The first-order chi connectivity index (χ1) is 20.4. The minimum atomic E-state index is -4.35. The summed E-state index contributed by atoms with van der Waals surface area (Å²) in [6.45, 7) is 4.66. The fourth-order valence-electron chi connectivity index (χ4n) is 5.13. The largest absolute Gasteiger partial charge is 0.748 e. The number of aromatic nitrogens is 1. The Balaban J connectivity index is 1.56. The van der Waals surface area contributed by atoms with Gasteiger partial charge in [0, 0.05) is 41.5 Å². The standard InChI is InChI=1S/C29H32N2O8S4/c1-4-20(16-27-30(10-5-13-42(32,33)34)22-18-24(38-3)19(2)15-26(22)41-27)17-28-31(11-6-14-43(35,36)37)29-21-9-12-39-23(21)7-8-25(29)40-28/h7-9,12,15-18H,4-6,10-11,13-14H2,1-3H3,(H-,32,33,34,35,36,37)/p-1. The number of furan rings is 1. The van der Waals surface area contributed by atoms with Gasteiger partial charge in [0.2, 0.25) is 5.52 Å². The number of hydrogen-bond acceptors (Lipinski definition) is 11. The third kappa shape index (κ3) is 7.27. The fourth-order valence-corrected chi connectivity index (χ4v) is 8.52. The molecule has 0 unspecified atom stereocenters. The first-order valence-corrected chi connectivity index (χ1v) is 18.4. The number of benzene rings is 2. The van der Waals surface area contributed by atoms with Gasteiger partial charge < -0.3 is 23.2 Å². The highest BCUT2D eigenvalue weighted by Gasteiger charge is 2.28. The van der Waals surface area contributed by atoms with E-state index in [0.29, 0.717) is 30.8 Å². The predicted molar refractivity (Wildman–Crippen MR) is 167 cm³/mol. The summed E-state index contributed by atoms with van der Waals surface area (Å²) in [4.78, 5) is 3.02. The molecule has 0 fully saturated rings. The summed E-state index contributed by atoms with van der Waals surface area (Å²) in [5, 5.41) is 2.68. The van der Waals surface area contributed by atoms with Gasteiger partial charge in [-0.15, -0.1) is 0 Å². The van der Waals surface area contributed by atoms with Gasteiger partial charge in [-0.3, -0.25) is 0 Å². The number of anilines is 1. The number of hydrogen-bond donors (Lipinski definition) is 0. The van der Waals surface area contributed by atoms with E-state index < -0.39 is 31.7 Å². The van der Waals surface area contributed by atoms with Crippen LogP contribution < -0.4 is 14.2 Å². The average Bonchev–Trinajstić information content (AvgIpc) is 3.62. The highest BCUT2D eigenvalue weighted by molar-refractivity contribution is 8.03. The Morgan fingerprint density at radius 3 is 2.53 bits per heavy atom. The molecule has 0 spiro atoms. The molecule has 43 heavy (non-hydrogen) atoms. The van der Waals surface area contributed by atoms with Crippen LogP contribution in [0.3, 0.4) is 0 Å². The van der Waals surface area contributed by atoms with E-state index in [1.165, 1.54) is 0 Å². The normalized spacial score (nSPS) is 15.2. The van der Waals surface area contributed by atoms with Crippen LogP contribution in [0, 0.1) is 6.92 Å². The van der Waals surface area contributed by atoms with Gasteiger partial charge in [-0.1, -0.05) is 30.0 Å². The number of thioether (sulfide) groups is 1. The summed E-state index contributed by atoms with van der Waals surface area (Å²) in [5.41, 5.74) is 4.47. The maximum Gasteiger partial charge on any atom is 0.263 e. The minimum Gasteiger partial charge on any atom is -0.748 e. The van der Waals surface area contributed by atoms with Crippen molar-refractivity contribution in [3.8, 4) is 5.75 Å². The summed E-state index contributed by atoms with van der Waals surface area (Å²) in [5.74, 6) is -0.205. The highest BCUT2D eigenvalue weighted by Crippen LogP contribution is 2.49. The van der Waals surface area contributed by atoms with Gasteiger partial charge in [0.05, 0.1) is 49.7 Å². The molecule has 0 saturated carbocycles. The molecule has 230 valence electrons. The third-order valence-corrected chi connectivity index (χ3v) is 10.9. The zero-order valence-corrected chi connectivity index (χ0v) is 27.1. The Bertz CT molecular complexity index is 1960. The lowest BCUT2D eigenvalue weighted by Crippen LogP contribution is -2.36. The van der Waals surface area contributed by atoms with Crippen LogP contribution in [0.1, 0.15) is 36.8 Å². The van der Waals surface area contributed by atoms with Crippen LogP contribution in [0.15, 0.2) is 62.6 Å². The van der Waals surface area contributed by atoms with Gasteiger partial charge in [0.25, 0.3) is 5.01 Å². The Morgan fingerprint density at radius 1 is 1.09 bits per heavy atom. The average molecular weight is 664 g/mol. The number of aryl methyl sites for hydroxylation is 2. The second kappa shape index (κ2) is 12.6. The maximum absolute atomic E-state index is 11.3. The van der Waals surface area contributed by atoms with E-state index in [-0.39, 0.29) is 12.8 Å². The van der Waals surface area contributed by atoms with Crippen LogP contribution in [0.25, 0.3) is 27.3 Å². The summed E-state index contributed by atoms with van der Waals surface area (Å²) in [6.07, 6.45) is 6.75. The van der Waals surface area contributed by atoms with Crippen molar-refractivity contribution < 1.29 is 39.7 Å². The second-order valence-corrected chi connectivity index (χ2v) is 15.3. The van der Waals surface area contributed by atoms with E-state index in [9.17, 15) is 25.9 Å². The lowest BCUT2D eigenvalue weighted by atomic mass is 10.1. The first kappa shape index (κ1) is 31.5. The van der Waals surface area contributed by atoms with Gasteiger partial charge in [0.1, 0.15) is 16.0 Å². The van der Waals surface area contributed by atoms with Crippen LogP contribution in [-0.4, -0.2) is 51.1 Å². The SMILES string of the molecule is CCC(/C=C1\Sc2cc(C)c(OC)cc2N1CCCS(=O)(=O)[O-])=C\c1sc2ccc3occc3c2[n+]1CCCS(=O)(=O)[O-]. The number of thiazole rings is 1. The van der Waals surface area contributed by atoms with Gasteiger partial charge in [0.15, 0.2) is 6.54 Å². The highest BCUT2D eigenvalue weighted by atomic mass is 32.2. The second-order valence-electron chi connectivity index (χ2n) is 10.2. The van der Waals surface area contributed by atoms with E-state index in [1.54, 1.807) is 36.5 Å². The molecule has 0 N–H and O–H groups in total. The topological polar surface area (TPSA) is 144 Å². The summed E-state index contributed by atoms with van der Waals surface area (Å²) < 4.78 is 82.2. The number of nitrogens with zero attached hydrogens (tertiary/aromatic N) is 2. The summed E-state index contributed by atoms with van der Waals surface area (Å²) >= 11 is 3.13. The van der Waals surface area contributed by atoms with Crippen molar-refractivity contribution in [2.75, 3.05) is 30.1 Å². The number of rotatable bonds is 12. The van der Waals surface area contributed by atoms with Crippen molar-refractivity contribution in [3.05, 3.63) is 63.8 Å². The van der Waals surface area contributed by atoms with Gasteiger partial charge >= 0.3 is 0 Å². The Hall–Kier alpha value is -2.88. The zero-order valence-electron chi connectivity index (χ0n) is 23.9. The molecule has 3 heterocycles. The van der Waals surface area contributed by atoms with E-state index in [4.69, 9.17) is 9.15 Å². The molecule has 14 heteroatoms. The molecule has 0 aliphatic carbocycles. The van der Waals surface area contributed by atoms with Crippen molar-refractivity contribution in [2.45, 2.75) is 44.6 Å². The molecular formula is C29H31N2O8S4-. The van der Waals surface area contributed by atoms with Crippen LogP contribution in [-0.2, 0) is 26.8 Å². The zero-order chi connectivity index (χ0) is 30.9. The van der Waals surface area contributed by atoms with Crippen molar-refractivity contribution in [3.63, 3.8) is 0 Å². The van der Waals surface area contributed by atoms with Gasteiger partial charge in [-0.2, -0.15) is 4.57 Å². The molecular weight excluding hydrogens is 633 g/mol. The number of methoxy groups -OCH3 is 1. The van der Waals surface area contributed by atoms with Gasteiger partial charge in [-0.05, 0) is 61.2 Å². The minimum absolute atomic E-state index is 0.169. The number of fused-ring (bicyclic) bond motifs is 4. The van der Waals surface area contributed by atoms with E-state index in [2.05, 4.69) is 12.2 Å². The van der Waals surface area contributed by atoms with E-state index in [0.717, 1.165) is 47.4 Å². The van der Waals surface area contributed by atoms with Crippen molar-refractivity contribution in [1.82, 2.24) is 0 Å². The molecule has 0 bridgehead atoms. The molecule has 0 amide bonds. The van der Waals surface area contributed by atoms with Gasteiger partial charge in [-0.25, -0.2) is 16.8 Å². The maximum atomic E-state index is 11.3. The monoisotopic (exact) mass is 663 g/mol. The molecule has 4 aromatic rings. The first-order valence-electron chi connectivity index (χ1n) is 13.6. The smallest absolute Gasteiger partial charge is 0.263 e. The third-order valence-electron chi connectivity index (χ3n) is 7.15. The quantitative estimate of drug-likeness (QED) is 0.143. The van der Waals surface area contributed by atoms with Crippen molar-refractivity contribution in [1.29, 1.82) is 0 Å². The fraction of sp³-hybridized carbons (Fsp3) is 0.345. The molecule has 5 rings (SSSR count). The summed E-state index contributed by atoms with van der Waals surface area (Å²) in [7, 11) is -7.10. The van der Waals surface area contributed by atoms with E-state index >= 15 is 0 Å². The Kier molecular flexibility index (Phi) is 9.26. The molecule has 2 aromatic heterocycles. The summed E-state index contributed by atoms with van der Waals surface area (Å²) in [6, 6.07) is 9.72. The Labute approximate surface area is 259 Å². The van der Waals surface area contributed by atoms with Crippen molar-refractivity contribution in [2.24, 2.45) is 0 Å². The lowest BCUT2D eigenvalue weighted by molar-refractivity contribution is -0.667. The number of ether oxygens (including phenoxy) is 1. The molecule has 0 saturated heterocycles. The van der Waals surface area contributed by atoms with Crippen LogP contribution in [0.5, 0.6) is 5.75 Å². The van der Waals surface area contributed by atoms with Crippen LogP contribution in [0.4, 0.5) is 5.69 Å². The van der Waals surface area contributed by atoms with Crippen LogP contribution in [0.2, 0.25) is 0 Å². The molecule has 10 nitrogen and oxygen atoms in total. The molecule has 0 radical (unpaired) electrons. The predicted octanol–water partition coefficient (Wildman–Crippen LogP) is 5.37. The molecule has 1 aliphatic heterocycles. The lowest BCUT2D eigenvalue weighted by Gasteiger charge is -2.22. The van der Waals surface area contributed by atoms with E-state index in [1.807, 2.05) is 53.6 Å². The molecule has 0 atom stereocenters. The molecule has 2 aromatic carbocycles.